The van der Waals surface area contributed by atoms with Gasteiger partial charge in [-0.15, -0.1) is 11.3 Å². The zero-order valence-electron chi connectivity index (χ0n) is 19.1. The molecule has 0 saturated heterocycles. The maximum absolute atomic E-state index is 15.8. The van der Waals surface area contributed by atoms with Crippen LogP contribution in [0.3, 0.4) is 0 Å². The number of benzene rings is 2. The second-order valence-electron chi connectivity index (χ2n) is 8.47. The van der Waals surface area contributed by atoms with Crippen molar-refractivity contribution in [2.75, 3.05) is 23.8 Å². The van der Waals surface area contributed by atoms with Gasteiger partial charge in [0.15, 0.2) is 10.9 Å². The van der Waals surface area contributed by atoms with E-state index in [0.717, 1.165) is 28.9 Å². The van der Waals surface area contributed by atoms with E-state index in [9.17, 15) is 4.79 Å². The Hall–Kier alpha value is -2.73. The summed E-state index contributed by atoms with van der Waals surface area (Å²) in [7, 11) is 0. The molecule has 0 unspecified atom stereocenters. The van der Waals surface area contributed by atoms with Gasteiger partial charge in [-0.05, 0) is 49.4 Å². The van der Waals surface area contributed by atoms with Gasteiger partial charge in [-0.2, -0.15) is 0 Å². The molecule has 0 radical (unpaired) electrons. The van der Waals surface area contributed by atoms with Crippen molar-refractivity contribution in [1.29, 1.82) is 0 Å². The summed E-state index contributed by atoms with van der Waals surface area (Å²) in [5.74, 6) is -0.730. The number of carbonyl (C=O) groups is 1. The highest BCUT2D eigenvalue weighted by Crippen LogP contribution is 2.34. The number of anilines is 3. The number of imidazole rings is 1. The largest absolute Gasteiger partial charge is 0.361 e. The summed E-state index contributed by atoms with van der Waals surface area (Å²) in [6.07, 6.45) is 6.25. The molecule has 1 aliphatic carbocycles. The summed E-state index contributed by atoms with van der Waals surface area (Å²) < 4.78 is 18.4. The third kappa shape index (κ3) is 5.80. The van der Waals surface area contributed by atoms with E-state index in [1.54, 1.807) is 36.8 Å². The van der Waals surface area contributed by atoms with Crippen LogP contribution < -0.4 is 16.1 Å². The van der Waals surface area contributed by atoms with E-state index >= 15 is 4.39 Å². The third-order valence-corrected chi connectivity index (χ3v) is 7.29. The minimum Gasteiger partial charge on any atom is -0.361 e. The zero-order chi connectivity index (χ0) is 25.1. The first-order valence-electron chi connectivity index (χ1n) is 11.4. The van der Waals surface area contributed by atoms with Gasteiger partial charge in [0.05, 0.1) is 40.4 Å². The third-order valence-electron chi connectivity index (χ3n) is 5.76. The highest BCUT2D eigenvalue weighted by atomic mass is 79.9. The van der Waals surface area contributed by atoms with Gasteiger partial charge in [0.1, 0.15) is 5.52 Å². The van der Waals surface area contributed by atoms with Crippen molar-refractivity contribution in [2.24, 2.45) is 5.92 Å². The van der Waals surface area contributed by atoms with Crippen LogP contribution in [0.15, 0.2) is 46.6 Å². The molecular weight excluding hydrogens is 571 g/mol. The minimum atomic E-state index is -0.640. The van der Waals surface area contributed by atoms with Crippen molar-refractivity contribution in [2.45, 2.75) is 25.8 Å². The monoisotopic (exact) mass is 592 g/mol. The number of nitrogens with one attached hydrogen (secondary N) is 3. The number of aromatic nitrogens is 3. The zero-order valence-corrected chi connectivity index (χ0v) is 22.2. The predicted octanol–water partition coefficient (Wildman–Crippen LogP) is 6.37. The molecule has 36 heavy (non-hydrogen) atoms. The number of thiazole rings is 1. The molecule has 1 aliphatic rings. The topological polar surface area (TPSA) is 93.1 Å². The quantitative estimate of drug-likeness (QED) is 0.138. The lowest BCUT2D eigenvalue weighted by molar-refractivity contribution is 0.0271. The van der Waals surface area contributed by atoms with Crippen LogP contribution in [-0.2, 0) is 11.4 Å². The lowest BCUT2D eigenvalue weighted by Crippen LogP contribution is -2.26. The van der Waals surface area contributed by atoms with Crippen LogP contribution in [0.5, 0.6) is 0 Å². The fraction of sp³-hybridized carbons (Fsp3) is 0.292. The Labute approximate surface area is 224 Å². The van der Waals surface area contributed by atoms with Crippen LogP contribution in [0.4, 0.5) is 20.9 Å². The number of nitrogens with zero attached hydrogens (tertiary/aromatic N) is 3. The number of rotatable bonds is 11. The molecule has 3 N–H and O–H groups in total. The van der Waals surface area contributed by atoms with Crippen LogP contribution in [0.2, 0.25) is 5.02 Å². The summed E-state index contributed by atoms with van der Waals surface area (Å²) in [6.45, 7) is 1.71. The summed E-state index contributed by atoms with van der Waals surface area (Å²) in [5.41, 5.74) is 3.67. The van der Waals surface area contributed by atoms with Crippen LogP contribution in [0, 0.1) is 11.7 Å². The smallest absolute Gasteiger partial charge is 0.277 e. The number of amides is 1. The van der Waals surface area contributed by atoms with E-state index in [2.05, 4.69) is 42.0 Å². The highest BCUT2D eigenvalue weighted by Gasteiger charge is 2.25. The van der Waals surface area contributed by atoms with Gasteiger partial charge < -0.3 is 15.2 Å². The van der Waals surface area contributed by atoms with E-state index in [-0.39, 0.29) is 16.8 Å². The summed E-state index contributed by atoms with van der Waals surface area (Å²) in [6, 6.07) is 6.80. The average Bonchev–Trinajstić information content (AvgIpc) is 3.35. The lowest BCUT2D eigenvalue weighted by Gasteiger charge is -2.16. The molecular formula is C24H23BrClFN6O2S. The molecule has 8 nitrogen and oxygen atoms in total. The van der Waals surface area contributed by atoms with E-state index in [1.807, 2.05) is 9.95 Å². The molecule has 0 atom stereocenters. The van der Waals surface area contributed by atoms with Gasteiger partial charge in [-0.25, -0.2) is 19.8 Å². The molecule has 1 fully saturated rings. The first-order valence-corrected chi connectivity index (χ1v) is 13.5. The molecule has 0 bridgehead atoms. The maximum Gasteiger partial charge on any atom is 0.277 e. The number of hydrogen-bond donors (Lipinski definition) is 3. The number of carbonyl (C=O) groups excluding carboxylic acids is 1. The van der Waals surface area contributed by atoms with Crippen LogP contribution in [-0.4, -0.2) is 33.6 Å². The second-order valence-corrected chi connectivity index (χ2v) is 10.7. The Morgan fingerprint density at radius 1 is 1.31 bits per heavy atom. The van der Waals surface area contributed by atoms with E-state index < -0.39 is 11.7 Å². The fourth-order valence-electron chi connectivity index (χ4n) is 3.68. The predicted molar refractivity (Wildman–Crippen MR) is 143 cm³/mol. The normalized spacial score (nSPS) is 13.2. The Balaban J connectivity index is 1.42. The summed E-state index contributed by atoms with van der Waals surface area (Å²) in [5, 5.41) is 9.37. The molecule has 188 valence electrons. The standard InChI is InChI=1S/C24H23BrClFN6O2S/c25-15-4-5-18(17(26)10-15)31-21-16(23(34)32-35-12-14-2-3-14)11-19-22(20(21)27)30-13-33(19)8-1-6-28-24-29-7-9-36-24/h4-5,7,9-11,13-14,31H,1-3,6,8,12H2,(H,28,29)(H,32,34). The van der Waals surface area contributed by atoms with Gasteiger partial charge >= 0.3 is 0 Å². The molecule has 0 aliphatic heterocycles. The highest BCUT2D eigenvalue weighted by molar-refractivity contribution is 9.10. The Morgan fingerprint density at radius 3 is 2.92 bits per heavy atom. The van der Waals surface area contributed by atoms with Gasteiger partial charge in [-0.1, -0.05) is 27.5 Å². The van der Waals surface area contributed by atoms with Gasteiger partial charge in [-0.3, -0.25) is 9.63 Å². The SMILES string of the molecule is O=C(NOCC1CC1)c1cc2c(ncn2CCCNc2nccs2)c(F)c1Nc1ccc(Br)cc1Cl. The Kier molecular flexibility index (Phi) is 7.70. The maximum atomic E-state index is 15.8. The first kappa shape index (κ1) is 24.9. The number of hydrogen-bond acceptors (Lipinski definition) is 7. The fourth-order valence-corrected chi connectivity index (χ4v) is 4.96. The Bertz CT molecular complexity index is 1380. The average molecular weight is 594 g/mol. The van der Waals surface area contributed by atoms with E-state index in [4.69, 9.17) is 16.4 Å². The molecule has 2 aromatic heterocycles. The molecule has 12 heteroatoms. The molecule has 2 aromatic carbocycles. The summed E-state index contributed by atoms with van der Waals surface area (Å²) in [4.78, 5) is 27.0. The molecule has 2 heterocycles. The molecule has 4 aromatic rings. The van der Waals surface area contributed by atoms with Crippen LogP contribution in [0.1, 0.15) is 29.6 Å². The van der Waals surface area contributed by atoms with Crippen molar-refractivity contribution in [1.82, 2.24) is 20.0 Å². The lowest BCUT2D eigenvalue weighted by atomic mass is 10.1. The molecule has 1 amide bonds. The van der Waals surface area contributed by atoms with Crippen molar-refractivity contribution in [3.05, 3.63) is 63.0 Å². The minimum absolute atomic E-state index is 0.0186. The van der Waals surface area contributed by atoms with Crippen molar-refractivity contribution < 1.29 is 14.0 Å². The van der Waals surface area contributed by atoms with E-state index in [1.165, 1.54) is 11.3 Å². The number of aryl methyl sites for hydroxylation is 1. The molecule has 0 spiro atoms. The number of hydroxylamine groups is 1. The first-order chi connectivity index (χ1) is 17.5. The van der Waals surface area contributed by atoms with Crippen molar-refractivity contribution in [3.8, 4) is 0 Å². The molecule has 5 rings (SSSR count). The van der Waals surface area contributed by atoms with Crippen LogP contribution in [0.25, 0.3) is 11.0 Å². The van der Waals surface area contributed by atoms with Gasteiger partial charge in [0.25, 0.3) is 5.91 Å². The van der Waals surface area contributed by atoms with Crippen LogP contribution >= 0.6 is 38.9 Å². The van der Waals surface area contributed by atoms with Gasteiger partial charge in [0, 0.05) is 29.1 Å². The van der Waals surface area contributed by atoms with Crippen molar-refractivity contribution in [3.63, 3.8) is 0 Å². The Morgan fingerprint density at radius 2 is 2.17 bits per heavy atom. The number of fused-ring (bicyclic) bond motifs is 1. The number of halogens is 3. The van der Waals surface area contributed by atoms with E-state index in [0.29, 0.717) is 41.8 Å². The summed E-state index contributed by atoms with van der Waals surface area (Å²) >= 11 is 11.2. The molecule has 1 saturated carbocycles. The van der Waals surface area contributed by atoms with Gasteiger partial charge in [0.2, 0.25) is 0 Å². The second kappa shape index (κ2) is 11.1. The van der Waals surface area contributed by atoms with Crippen molar-refractivity contribution >= 4 is 72.3 Å².